The zero-order valence-corrected chi connectivity index (χ0v) is 14.0. The van der Waals surface area contributed by atoms with E-state index in [1.165, 1.54) is 26.0 Å². The van der Waals surface area contributed by atoms with Gasteiger partial charge in [0.15, 0.2) is 0 Å². The Balaban J connectivity index is 2.78. The zero-order chi connectivity index (χ0) is 19.0. The number of alkyl halides is 3. The molecule has 0 aliphatic heterocycles. The van der Waals surface area contributed by atoms with Crippen LogP contribution in [0.5, 0.6) is 0 Å². The number of hydrogen-bond acceptors (Lipinski definition) is 3. The molecule has 0 aliphatic carbocycles. The molecule has 1 heterocycles. The summed E-state index contributed by atoms with van der Waals surface area (Å²) in [6.45, 7) is 5.85. The van der Waals surface area contributed by atoms with Crippen molar-refractivity contribution in [2.75, 3.05) is 0 Å². The van der Waals surface area contributed by atoms with E-state index in [1.807, 2.05) is 0 Å². The predicted octanol–water partition coefficient (Wildman–Crippen LogP) is 6.12. The Morgan fingerprint density at radius 1 is 1.20 bits per heavy atom. The fraction of sp³-hybridized carbons (Fsp3) is 0.235. The lowest BCUT2D eigenvalue weighted by Gasteiger charge is -2.21. The first-order valence-electron chi connectivity index (χ1n) is 7.05. The van der Waals surface area contributed by atoms with Crippen molar-refractivity contribution < 1.29 is 17.6 Å². The number of pyridine rings is 1. The van der Waals surface area contributed by atoms with E-state index in [2.05, 4.69) is 16.7 Å². The van der Waals surface area contributed by atoms with E-state index in [9.17, 15) is 22.5 Å². The first-order valence-corrected chi connectivity index (χ1v) is 7.43. The number of nitroso groups, excluding NO2 is 1. The average molecular weight is 373 g/mol. The Hall–Kier alpha value is -2.28. The molecule has 1 aromatic heterocycles. The van der Waals surface area contributed by atoms with Crippen LogP contribution in [0.25, 0.3) is 16.8 Å². The summed E-state index contributed by atoms with van der Waals surface area (Å²) in [5, 5.41) is 2.90. The zero-order valence-electron chi connectivity index (χ0n) is 13.3. The van der Waals surface area contributed by atoms with Crippen LogP contribution < -0.4 is 0 Å². The standard InChI is InChI=1S/C17H13ClF4N2O/c1-9(17(20,21)22)13-8-12(16(2,3)24-25)14(18)15(23-13)10-4-6-11(19)7-5-10/h4-8H,1H2,2-3H3. The van der Waals surface area contributed by atoms with Crippen LogP contribution in [0.1, 0.15) is 25.1 Å². The topological polar surface area (TPSA) is 42.3 Å². The third kappa shape index (κ3) is 3.87. The Kier molecular flexibility index (Phi) is 4.99. The number of benzene rings is 1. The third-order valence-corrected chi connectivity index (χ3v) is 4.00. The van der Waals surface area contributed by atoms with Gasteiger partial charge in [-0.25, -0.2) is 9.37 Å². The van der Waals surface area contributed by atoms with Crippen LogP contribution in [-0.2, 0) is 5.54 Å². The van der Waals surface area contributed by atoms with Crippen molar-refractivity contribution in [1.29, 1.82) is 0 Å². The van der Waals surface area contributed by atoms with Crippen LogP contribution in [0.15, 0.2) is 42.1 Å². The second-order valence-electron chi connectivity index (χ2n) is 5.85. The average Bonchev–Trinajstić information content (AvgIpc) is 2.54. The summed E-state index contributed by atoms with van der Waals surface area (Å²) in [6.07, 6.45) is -4.71. The lowest BCUT2D eigenvalue weighted by Crippen LogP contribution is -2.17. The molecule has 8 heteroatoms. The van der Waals surface area contributed by atoms with Gasteiger partial charge in [0.2, 0.25) is 0 Å². The van der Waals surface area contributed by atoms with E-state index in [0.717, 1.165) is 18.2 Å². The molecule has 0 saturated carbocycles. The smallest absolute Gasteiger partial charge is 0.246 e. The molecule has 0 N–H and O–H groups in total. The fourth-order valence-corrected chi connectivity index (χ4v) is 2.56. The van der Waals surface area contributed by atoms with Crippen LogP contribution in [0.2, 0.25) is 5.02 Å². The molecule has 0 unspecified atom stereocenters. The molecule has 0 atom stereocenters. The molecule has 25 heavy (non-hydrogen) atoms. The number of halogens is 5. The Bertz CT molecular complexity index is 830. The summed E-state index contributed by atoms with van der Waals surface area (Å²) in [6, 6.07) is 5.96. The highest BCUT2D eigenvalue weighted by Gasteiger charge is 2.36. The van der Waals surface area contributed by atoms with Gasteiger partial charge in [-0.1, -0.05) is 23.4 Å². The largest absolute Gasteiger partial charge is 0.417 e. The van der Waals surface area contributed by atoms with Gasteiger partial charge in [-0.3, -0.25) is 0 Å². The molecular weight excluding hydrogens is 360 g/mol. The maximum absolute atomic E-state index is 13.1. The van der Waals surface area contributed by atoms with Crippen molar-refractivity contribution in [3.63, 3.8) is 0 Å². The van der Waals surface area contributed by atoms with Crippen molar-refractivity contribution in [3.8, 4) is 11.3 Å². The molecule has 2 rings (SSSR count). The number of allylic oxidation sites excluding steroid dienone is 1. The van der Waals surface area contributed by atoms with Crippen molar-refractivity contribution in [3.05, 3.63) is 63.9 Å². The van der Waals surface area contributed by atoms with Crippen molar-refractivity contribution in [1.82, 2.24) is 4.98 Å². The summed E-state index contributed by atoms with van der Waals surface area (Å²) >= 11 is 6.27. The molecule has 0 amide bonds. The van der Waals surface area contributed by atoms with Gasteiger partial charge in [0, 0.05) is 11.1 Å². The summed E-state index contributed by atoms with van der Waals surface area (Å²) in [5.74, 6) is -0.522. The van der Waals surface area contributed by atoms with E-state index < -0.39 is 28.8 Å². The minimum atomic E-state index is -4.71. The highest BCUT2D eigenvalue weighted by molar-refractivity contribution is 6.34. The fourth-order valence-electron chi connectivity index (χ4n) is 2.12. The number of rotatable bonds is 4. The quantitative estimate of drug-likeness (QED) is 0.479. The van der Waals surface area contributed by atoms with Crippen molar-refractivity contribution in [2.45, 2.75) is 25.6 Å². The summed E-state index contributed by atoms with van der Waals surface area (Å²) in [4.78, 5) is 15.1. The normalized spacial score (nSPS) is 12.1. The Labute approximate surface area is 146 Å². The van der Waals surface area contributed by atoms with Crippen LogP contribution in [0.4, 0.5) is 17.6 Å². The SMILES string of the molecule is C=C(c1cc(C(C)(C)N=O)c(Cl)c(-c2ccc(F)cc2)n1)C(F)(F)F. The second kappa shape index (κ2) is 6.55. The minimum absolute atomic E-state index is 0.0173. The molecule has 1 aromatic carbocycles. The Morgan fingerprint density at radius 2 is 1.76 bits per heavy atom. The van der Waals surface area contributed by atoms with Crippen molar-refractivity contribution in [2.24, 2.45) is 5.18 Å². The van der Waals surface area contributed by atoms with E-state index in [1.54, 1.807) is 0 Å². The second-order valence-corrected chi connectivity index (χ2v) is 6.23. The molecular formula is C17H13ClF4N2O. The number of aromatic nitrogens is 1. The summed E-state index contributed by atoms with van der Waals surface area (Å²) in [7, 11) is 0. The van der Waals surface area contributed by atoms with Gasteiger partial charge < -0.3 is 0 Å². The highest BCUT2D eigenvalue weighted by atomic mass is 35.5. The van der Waals surface area contributed by atoms with Crippen molar-refractivity contribution >= 4 is 17.2 Å². The molecule has 0 fully saturated rings. The van der Waals surface area contributed by atoms with Gasteiger partial charge in [-0.15, -0.1) is 4.91 Å². The first kappa shape index (κ1) is 19.1. The third-order valence-electron chi connectivity index (χ3n) is 3.61. The first-order chi connectivity index (χ1) is 11.5. The number of nitrogens with zero attached hydrogens (tertiary/aromatic N) is 2. The van der Waals surface area contributed by atoms with Crippen LogP contribution in [0, 0.1) is 10.7 Å². The highest BCUT2D eigenvalue weighted by Crippen LogP contribution is 2.40. The Morgan fingerprint density at radius 3 is 2.24 bits per heavy atom. The summed E-state index contributed by atoms with van der Waals surface area (Å²) in [5.41, 5.74) is -2.71. The van der Waals surface area contributed by atoms with Gasteiger partial charge in [0.05, 0.1) is 22.0 Å². The molecule has 2 aromatic rings. The predicted molar refractivity (Wildman–Crippen MR) is 88.6 cm³/mol. The van der Waals surface area contributed by atoms with Gasteiger partial charge >= 0.3 is 6.18 Å². The maximum atomic E-state index is 13.1. The molecule has 0 bridgehead atoms. The van der Waals surface area contributed by atoms with E-state index >= 15 is 0 Å². The molecule has 0 spiro atoms. The van der Waals surface area contributed by atoms with Crippen LogP contribution >= 0.6 is 11.6 Å². The minimum Gasteiger partial charge on any atom is -0.246 e. The van der Waals surface area contributed by atoms with Gasteiger partial charge in [-0.2, -0.15) is 13.2 Å². The summed E-state index contributed by atoms with van der Waals surface area (Å²) < 4.78 is 52.2. The van der Waals surface area contributed by atoms with Crippen LogP contribution in [-0.4, -0.2) is 11.2 Å². The monoisotopic (exact) mass is 372 g/mol. The molecule has 0 aliphatic rings. The van der Waals surface area contributed by atoms with E-state index in [4.69, 9.17) is 11.6 Å². The van der Waals surface area contributed by atoms with Gasteiger partial charge in [-0.05, 0) is 44.2 Å². The molecule has 3 nitrogen and oxygen atoms in total. The van der Waals surface area contributed by atoms with Crippen LogP contribution in [0.3, 0.4) is 0 Å². The molecule has 0 saturated heterocycles. The van der Waals surface area contributed by atoms with Gasteiger partial charge in [0.25, 0.3) is 0 Å². The lowest BCUT2D eigenvalue weighted by molar-refractivity contribution is -0.0688. The van der Waals surface area contributed by atoms with E-state index in [0.29, 0.717) is 5.56 Å². The lowest BCUT2D eigenvalue weighted by atomic mass is 9.92. The van der Waals surface area contributed by atoms with Gasteiger partial charge in [0.1, 0.15) is 11.4 Å². The maximum Gasteiger partial charge on any atom is 0.417 e. The van der Waals surface area contributed by atoms with E-state index in [-0.39, 0.29) is 16.3 Å². The number of hydrogen-bond donors (Lipinski definition) is 0. The molecule has 0 radical (unpaired) electrons. The molecule has 132 valence electrons.